The number of fused-ring (bicyclic) bond motifs is 1. The number of imidazole rings is 1. The van der Waals surface area contributed by atoms with Crippen LogP contribution in [0.4, 0.5) is 22.1 Å². The quantitative estimate of drug-likeness (QED) is 0.142. The lowest BCUT2D eigenvalue weighted by Gasteiger charge is -2.16. The van der Waals surface area contributed by atoms with Gasteiger partial charge in [0.25, 0.3) is 0 Å². The Hall–Kier alpha value is -5.20. The van der Waals surface area contributed by atoms with Gasteiger partial charge in [-0.05, 0) is 71.6 Å². The van der Waals surface area contributed by atoms with Gasteiger partial charge in [0.2, 0.25) is 16.0 Å². The van der Waals surface area contributed by atoms with E-state index in [9.17, 15) is 23.1 Å². The molecular weight excluding hydrogens is 544 g/mol. The molecule has 0 saturated carbocycles. The number of nitrogens with zero attached hydrogens (tertiary/aromatic N) is 1. The molecule has 7 N–H and O–H groups in total. The number of aliphatic carboxylic acids is 1. The number of H-pyrrole nitrogens is 1. The zero-order valence-electron chi connectivity index (χ0n) is 21.5. The van der Waals surface area contributed by atoms with E-state index >= 15 is 0 Å². The van der Waals surface area contributed by atoms with Gasteiger partial charge >= 0.3 is 12.0 Å². The summed E-state index contributed by atoms with van der Waals surface area (Å²) in [5.41, 5.74) is 9.99. The molecule has 0 fully saturated rings. The van der Waals surface area contributed by atoms with Crippen LogP contribution >= 0.6 is 0 Å². The summed E-state index contributed by atoms with van der Waals surface area (Å²) in [6.45, 7) is 0. The molecule has 0 bridgehead atoms. The third-order valence-corrected chi connectivity index (χ3v) is 7.70. The van der Waals surface area contributed by atoms with Gasteiger partial charge in [0, 0.05) is 11.4 Å². The zero-order chi connectivity index (χ0) is 29.0. The fraction of sp³-hybridized carbons (Fsp3) is 0.0690. The monoisotopic (exact) mass is 570 g/mol. The van der Waals surface area contributed by atoms with Crippen molar-refractivity contribution >= 4 is 50.4 Å². The summed E-state index contributed by atoms with van der Waals surface area (Å²) in [5.74, 6) is -1.01. The van der Waals surface area contributed by atoms with Gasteiger partial charge < -0.3 is 21.1 Å². The number of carbonyl (C=O) groups is 2. The Labute approximate surface area is 235 Å². The van der Waals surface area contributed by atoms with E-state index < -0.39 is 28.1 Å². The Bertz CT molecular complexity index is 1800. The molecular formula is C29H26N6O5S. The summed E-state index contributed by atoms with van der Waals surface area (Å²) in [4.78, 5) is 31.7. The predicted octanol–water partition coefficient (Wildman–Crippen LogP) is 4.43. The standard InChI is InChI=1S/C29H26N6O5S/c30-21-13-11-18(12-14-21)15-26(27(36)37)35-41(39,40)23-8-4-6-20(17-23)19-5-3-7-22(16-19)31-29(38)34-28-32-24-9-1-2-10-25(24)33-28/h1-14,16-17,26,35H,15,30H2,(H,36,37)(H3,31,32,33,34,38)/t26-/m0/s1. The number of aromatic amines is 1. The highest BCUT2D eigenvalue weighted by atomic mass is 32.2. The first-order valence-electron chi connectivity index (χ1n) is 12.5. The SMILES string of the molecule is Nc1ccc(C[C@H](NS(=O)(=O)c2cccc(-c3cccc(NC(=O)Nc4nc5ccccc5[nH]4)c3)c2)C(=O)O)cc1. The van der Waals surface area contributed by atoms with E-state index in [0.717, 1.165) is 5.52 Å². The molecule has 5 aromatic rings. The Balaban J connectivity index is 1.30. The second-order valence-corrected chi connectivity index (χ2v) is 11.0. The number of urea groups is 1. The van der Waals surface area contributed by atoms with Crippen LogP contribution in [0.25, 0.3) is 22.2 Å². The molecule has 0 unspecified atom stereocenters. The second kappa shape index (κ2) is 11.5. The first kappa shape index (κ1) is 27.4. The smallest absolute Gasteiger partial charge is 0.326 e. The third kappa shape index (κ3) is 6.69. The maximum atomic E-state index is 13.2. The number of sulfonamides is 1. The minimum Gasteiger partial charge on any atom is -0.480 e. The molecule has 208 valence electrons. The Kier molecular flexibility index (Phi) is 7.68. The van der Waals surface area contributed by atoms with Gasteiger partial charge in [0.1, 0.15) is 6.04 Å². The number of hydrogen-bond donors (Lipinski definition) is 6. The lowest BCUT2D eigenvalue weighted by Crippen LogP contribution is -2.42. The number of nitrogen functional groups attached to an aromatic ring is 1. The third-order valence-electron chi connectivity index (χ3n) is 6.23. The maximum Gasteiger partial charge on any atom is 0.326 e. The molecule has 41 heavy (non-hydrogen) atoms. The molecule has 0 aliphatic heterocycles. The Morgan fingerprint density at radius 2 is 1.59 bits per heavy atom. The minimum atomic E-state index is -4.18. The molecule has 5 rings (SSSR count). The molecule has 0 spiro atoms. The van der Waals surface area contributed by atoms with Crippen LogP contribution < -0.4 is 21.1 Å². The number of para-hydroxylation sites is 2. The van der Waals surface area contributed by atoms with Gasteiger partial charge in [0.15, 0.2) is 0 Å². The van der Waals surface area contributed by atoms with E-state index in [4.69, 9.17) is 5.73 Å². The normalized spacial score (nSPS) is 12.1. The van der Waals surface area contributed by atoms with Crippen molar-refractivity contribution < 1.29 is 23.1 Å². The van der Waals surface area contributed by atoms with Gasteiger partial charge in [-0.2, -0.15) is 4.72 Å². The maximum absolute atomic E-state index is 13.2. The number of nitrogens with one attached hydrogen (secondary N) is 4. The molecule has 11 nitrogen and oxygen atoms in total. The summed E-state index contributed by atoms with van der Waals surface area (Å²) in [5, 5.41) is 15.1. The molecule has 0 radical (unpaired) electrons. The van der Waals surface area contributed by atoms with Crippen LogP contribution in [0.3, 0.4) is 0 Å². The van der Waals surface area contributed by atoms with Crippen LogP contribution in [0.5, 0.6) is 0 Å². The van der Waals surface area contributed by atoms with Crippen LogP contribution in [-0.2, 0) is 21.2 Å². The highest BCUT2D eigenvalue weighted by molar-refractivity contribution is 7.89. The van der Waals surface area contributed by atoms with Crippen molar-refractivity contribution in [3.8, 4) is 11.1 Å². The van der Waals surface area contributed by atoms with E-state index in [1.165, 1.54) is 12.1 Å². The summed E-state index contributed by atoms with van der Waals surface area (Å²) in [7, 11) is -4.18. The van der Waals surface area contributed by atoms with E-state index in [-0.39, 0.29) is 11.3 Å². The highest BCUT2D eigenvalue weighted by Gasteiger charge is 2.26. The van der Waals surface area contributed by atoms with Crippen LogP contribution in [0.15, 0.2) is 102 Å². The summed E-state index contributed by atoms with van der Waals surface area (Å²) in [6.07, 6.45) is -0.0572. The fourth-order valence-electron chi connectivity index (χ4n) is 4.23. The number of nitrogens with two attached hydrogens (primary N) is 1. The highest BCUT2D eigenvalue weighted by Crippen LogP contribution is 2.26. The van der Waals surface area contributed by atoms with Crippen molar-refractivity contribution in [1.82, 2.24) is 14.7 Å². The molecule has 0 aliphatic carbocycles. The van der Waals surface area contributed by atoms with Crippen molar-refractivity contribution in [2.75, 3.05) is 16.4 Å². The van der Waals surface area contributed by atoms with Crippen molar-refractivity contribution in [3.63, 3.8) is 0 Å². The second-order valence-electron chi connectivity index (χ2n) is 9.25. The number of rotatable bonds is 9. The van der Waals surface area contributed by atoms with E-state index in [1.807, 2.05) is 24.3 Å². The topological polar surface area (TPSA) is 179 Å². The summed E-state index contributed by atoms with van der Waals surface area (Å²) in [6, 6.07) is 25.0. The van der Waals surface area contributed by atoms with E-state index in [0.29, 0.717) is 39.5 Å². The van der Waals surface area contributed by atoms with Crippen LogP contribution in [0.2, 0.25) is 0 Å². The number of anilines is 3. The molecule has 1 aromatic heterocycles. The largest absolute Gasteiger partial charge is 0.480 e. The van der Waals surface area contributed by atoms with Crippen molar-refractivity contribution in [1.29, 1.82) is 0 Å². The van der Waals surface area contributed by atoms with Gasteiger partial charge in [-0.15, -0.1) is 0 Å². The van der Waals surface area contributed by atoms with Gasteiger partial charge in [-0.1, -0.05) is 48.5 Å². The number of benzene rings is 4. The van der Waals surface area contributed by atoms with Gasteiger partial charge in [-0.3, -0.25) is 10.1 Å². The number of amides is 2. The van der Waals surface area contributed by atoms with Crippen molar-refractivity contribution in [2.45, 2.75) is 17.4 Å². The first-order chi connectivity index (χ1) is 19.7. The van der Waals surface area contributed by atoms with E-state index in [2.05, 4.69) is 25.3 Å². The minimum absolute atomic E-state index is 0.0572. The summed E-state index contributed by atoms with van der Waals surface area (Å²) < 4.78 is 28.6. The zero-order valence-corrected chi connectivity index (χ0v) is 22.4. The lowest BCUT2D eigenvalue weighted by atomic mass is 10.1. The first-order valence-corrected chi connectivity index (χ1v) is 14.0. The Morgan fingerprint density at radius 3 is 2.32 bits per heavy atom. The van der Waals surface area contributed by atoms with Gasteiger partial charge in [-0.25, -0.2) is 18.2 Å². The van der Waals surface area contributed by atoms with Crippen molar-refractivity contribution in [2.24, 2.45) is 0 Å². The number of hydrogen-bond acceptors (Lipinski definition) is 6. The molecule has 1 heterocycles. The predicted molar refractivity (Wildman–Crippen MR) is 157 cm³/mol. The molecule has 12 heteroatoms. The number of carboxylic acid groups (broad SMARTS) is 1. The summed E-state index contributed by atoms with van der Waals surface area (Å²) >= 11 is 0. The number of carbonyl (C=O) groups excluding carboxylic acids is 1. The molecule has 2 amide bonds. The average molecular weight is 571 g/mol. The van der Waals surface area contributed by atoms with Crippen molar-refractivity contribution in [3.05, 3.63) is 103 Å². The average Bonchev–Trinajstić information content (AvgIpc) is 3.36. The Morgan fingerprint density at radius 1 is 0.878 bits per heavy atom. The van der Waals surface area contributed by atoms with Crippen LogP contribution in [0.1, 0.15) is 5.56 Å². The lowest BCUT2D eigenvalue weighted by molar-refractivity contribution is -0.138. The fourth-order valence-corrected chi connectivity index (χ4v) is 5.46. The van der Waals surface area contributed by atoms with Gasteiger partial charge in [0.05, 0.1) is 15.9 Å². The van der Waals surface area contributed by atoms with Crippen LogP contribution in [0, 0.1) is 0 Å². The molecule has 4 aromatic carbocycles. The number of carboxylic acids is 1. The molecule has 1 atom stereocenters. The van der Waals surface area contributed by atoms with Crippen LogP contribution in [-0.4, -0.2) is 41.5 Å². The van der Waals surface area contributed by atoms with E-state index in [1.54, 1.807) is 60.7 Å². The molecule has 0 aliphatic rings. The number of aromatic nitrogens is 2. The molecule has 0 saturated heterocycles.